The molecule has 0 amide bonds. The van der Waals surface area contributed by atoms with Crippen LogP contribution in [0, 0.1) is 17.8 Å². The van der Waals surface area contributed by atoms with Gasteiger partial charge in [0.05, 0.1) is 6.61 Å². The van der Waals surface area contributed by atoms with Gasteiger partial charge in [0.2, 0.25) is 0 Å². The van der Waals surface area contributed by atoms with Crippen molar-refractivity contribution in [3.63, 3.8) is 0 Å². The van der Waals surface area contributed by atoms with Gasteiger partial charge < -0.3 is 9.53 Å². The first-order valence-electron chi connectivity index (χ1n) is 9.41. The molecule has 0 unspecified atom stereocenters. The van der Waals surface area contributed by atoms with Gasteiger partial charge in [-0.25, -0.2) is 0 Å². The van der Waals surface area contributed by atoms with Crippen LogP contribution in [0.1, 0.15) is 59.8 Å². The smallest absolute Gasteiger partial charge is 0.302 e. The number of esters is 1. The van der Waals surface area contributed by atoms with Crippen LogP contribution in [0.5, 0.6) is 0 Å². The van der Waals surface area contributed by atoms with Crippen molar-refractivity contribution in [2.75, 3.05) is 6.61 Å². The van der Waals surface area contributed by atoms with Crippen LogP contribution in [-0.4, -0.2) is 25.1 Å². The maximum absolute atomic E-state index is 11.9. The third-order valence-corrected chi connectivity index (χ3v) is 5.02. The molecule has 4 nitrogen and oxygen atoms in total. The van der Waals surface area contributed by atoms with E-state index in [4.69, 9.17) is 4.74 Å². The molecule has 0 aromatic rings. The number of hydrogen-bond acceptors (Lipinski definition) is 4. The minimum absolute atomic E-state index is 0.0182. The van der Waals surface area contributed by atoms with Gasteiger partial charge in [0, 0.05) is 12.8 Å². The zero-order valence-corrected chi connectivity index (χ0v) is 16.5. The van der Waals surface area contributed by atoms with Gasteiger partial charge in [-0.3, -0.25) is 9.59 Å². The topological polar surface area (TPSA) is 60.4 Å². The molecule has 1 aliphatic carbocycles. The molecule has 0 aliphatic heterocycles. The maximum Gasteiger partial charge on any atom is 0.302 e. The SMILES string of the molecule is CC(=O)OC[C@H](CCC=C(C)C)[C@@H]1CC/C(C)=C\C/C=C(/C=O)[C@H]1C=O. The average molecular weight is 360 g/mol. The second-order valence-electron chi connectivity index (χ2n) is 7.39. The molecular weight excluding hydrogens is 328 g/mol. The van der Waals surface area contributed by atoms with E-state index in [1.807, 2.05) is 6.08 Å². The van der Waals surface area contributed by atoms with Crippen LogP contribution in [0.25, 0.3) is 0 Å². The van der Waals surface area contributed by atoms with Gasteiger partial charge in [0.15, 0.2) is 0 Å². The van der Waals surface area contributed by atoms with Gasteiger partial charge in [0.25, 0.3) is 0 Å². The highest BCUT2D eigenvalue weighted by atomic mass is 16.5. The summed E-state index contributed by atoms with van der Waals surface area (Å²) >= 11 is 0. The Hall–Kier alpha value is -1.97. The van der Waals surface area contributed by atoms with Crippen molar-refractivity contribution in [1.82, 2.24) is 0 Å². The third-order valence-electron chi connectivity index (χ3n) is 5.02. The van der Waals surface area contributed by atoms with Gasteiger partial charge >= 0.3 is 5.97 Å². The third kappa shape index (κ3) is 7.51. The summed E-state index contributed by atoms with van der Waals surface area (Å²) in [6.45, 7) is 7.87. The Labute approximate surface area is 157 Å². The van der Waals surface area contributed by atoms with Gasteiger partial charge in [-0.15, -0.1) is 0 Å². The van der Waals surface area contributed by atoms with E-state index in [0.29, 0.717) is 12.0 Å². The molecule has 0 heterocycles. The Kier molecular flexibility index (Phi) is 9.85. The lowest BCUT2D eigenvalue weighted by Crippen LogP contribution is -2.30. The van der Waals surface area contributed by atoms with Gasteiger partial charge in [0.1, 0.15) is 12.6 Å². The van der Waals surface area contributed by atoms with Crippen LogP contribution in [0.3, 0.4) is 0 Å². The first-order valence-corrected chi connectivity index (χ1v) is 9.41. The molecule has 0 fully saturated rings. The van der Waals surface area contributed by atoms with E-state index >= 15 is 0 Å². The fourth-order valence-corrected chi connectivity index (χ4v) is 3.52. The minimum Gasteiger partial charge on any atom is -0.466 e. The molecule has 0 bridgehead atoms. The highest BCUT2D eigenvalue weighted by Gasteiger charge is 2.32. The Bertz CT molecular complexity index is 579. The summed E-state index contributed by atoms with van der Waals surface area (Å²) in [5.74, 6) is -0.738. The van der Waals surface area contributed by atoms with E-state index in [9.17, 15) is 14.4 Å². The standard InChI is InChI=1S/C22H32O4/c1-16(2)7-5-10-20(15-26-18(4)25)21-12-11-17(3)8-6-9-19(13-23)22(21)14-24/h7-9,13-14,20-22H,5-6,10-12,15H2,1-4H3/b17-8-,19-9-/t20-,21-,22+/m0/s1. The van der Waals surface area contributed by atoms with Crippen molar-refractivity contribution in [1.29, 1.82) is 0 Å². The molecule has 0 saturated carbocycles. The van der Waals surface area contributed by atoms with Crippen molar-refractivity contribution in [3.05, 3.63) is 34.9 Å². The van der Waals surface area contributed by atoms with Crippen LogP contribution in [-0.2, 0) is 19.1 Å². The summed E-state index contributed by atoms with van der Waals surface area (Å²) < 4.78 is 5.31. The highest BCUT2D eigenvalue weighted by molar-refractivity contribution is 5.81. The minimum atomic E-state index is -0.445. The molecule has 0 saturated heterocycles. The maximum atomic E-state index is 11.9. The number of carbonyl (C=O) groups is 3. The highest BCUT2D eigenvalue weighted by Crippen LogP contribution is 2.35. The molecule has 26 heavy (non-hydrogen) atoms. The van der Waals surface area contributed by atoms with E-state index in [1.54, 1.807) is 0 Å². The van der Waals surface area contributed by atoms with Crippen molar-refractivity contribution < 1.29 is 19.1 Å². The average Bonchev–Trinajstić information content (AvgIpc) is 2.66. The summed E-state index contributed by atoms with van der Waals surface area (Å²) in [5.41, 5.74) is 3.05. The van der Waals surface area contributed by atoms with Gasteiger partial charge in [-0.1, -0.05) is 29.4 Å². The number of aldehydes is 2. The lowest BCUT2D eigenvalue weighted by molar-refractivity contribution is -0.143. The van der Waals surface area contributed by atoms with Crippen LogP contribution < -0.4 is 0 Å². The molecule has 3 atom stereocenters. The van der Waals surface area contributed by atoms with E-state index in [-0.39, 0.29) is 24.4 Å². The van der Waals surface area contributed by atoms with E-state index < -0.39 is 5.92 Å². The predicted octanol–water partition coefficient (Wildman–Crippen LogP) is 4.60. The monoisotopic (exact) mass is 360 g/mol. The first kappa shape index (κ1) is 22.1. The quantitative estimate of drug-likeness (QED) is 0.361. The molecule has 1 rings (SSSR count). The molecule has 0 N–H and O–H groups in total. The van der Waals surface area contributed by atoms with Crippen LogP contribution >= 0.6 is 0 Å². The molecule has 1 aliphatic rings. The molecular formula is C22H32O4. The van der Waals surface area contributed by atoms with Crippen LogP contribution in [0.15, 0.2) is 34.9 Å². The lowest BCUT2D eigenvalue weighted by Gasteiger charge is -2.31. The van der Waals surface area contributed by atoms with E-state index in [0.717, 1.165) is 38.3 Å². The molecule has 144 valence electrons. The van der Waals surface area contributed by atoms with Crippen molar-refractivity contribution in [2.24, 2.45) is 17.8 Å². The van der Waals surface area contributed by atoms with Crippen molar-refractivity contribution in [3.8, 4) is 0 Å². The second kappa shape index (κ2) is 11.6. The Morgan fingerprint density at radius 1 is 1.27 bits per heavy atom. The Balaban J connectivity index is 3.13. The fraction of sp³-hybridized carbons (Fsp3) is 0.591. The zero-order chi connectivity index (χ0) is 19.5. The Morgan fingerprint density at radius 3 is 2.58 bits per heavy atom. The normalized spacial score (nSPS) is 25.8. The Morgan fingerprint density at radius 2 is 2.00 bits per heavy atom. The molecule has 0 aromatic heterocycles. The van der Waals surface area contributed by atoms with Gasteiger partial charge in [-0.05, 0) is 70.3 Å². The number of ether oxygens (including phenoxy) is 1. The largest absolute Gasteiger partial charge is 0.466 e. The van der Waals surface area contributed by atoms with E-state index in [1.165, 1.54) is 18.1 Å². The molecule has 0 aromatic carbocycles. The summed E-state index contributed by atoms with van der Waals surface area (Å²) in [6, 6.07) is 0. The number of rotatable bonds is 8. The summed E-state index contributed by atoms with van der Waals surface area (Å²) in [7, 11) is 0. The second-order valence-corrected chi connectivity index (χ2v) is 7.39. The summed E-state index contributed by atoms with van der Waals surface area (Å²) in [4.78, 5) is 34.8. The van der Waals surface area contributed by atoms with Crippen molar-refractivity contribution >= 4 is 18.5 Å². The summed E-state index contributed by atoms with van der Waals surface area (Å²) in [5, 5.41) is 0. The molecule has 4 heteroatoms. The van der Waals surface area contributed by atoms with Crippen LogP contribution in [0.4, 0.5) is 0 Å². The lowest BCUT2D eigenvalue weighted by atomic mass is 9.74. The zero-order valence-electron chi connectivity index (χ0n) is 16.5. The summed E-state index contributed by atoms with van der Waals surface area (Å²) in [6.07, 6.45) is 11.9. The van der Waals surface area contributed by atoms with Gasteiger partial charge in [-0.2, -0.15) is 0 Å². The molecule has 0 radical (unpaired) electrons. The molecule has 0 spiro atoms. The predicted molar refractivity (Wildman–Crippen MR) is 104 cm³/mol. The van der Waals surface area contributed by atoms with Crippen molar-refractivity contribution in [2.45, 2.75) is 59.8 Å². The fourth-order valence-electron chi connectivity index (χ4n) is 3.52. The van der Waals surface area contributed by atoms with Crippen LogP contribution in [0.2, 0.25) is 0 Å². The number of allylic oxidation sites excluding steroid dienone is 6. The van der Waals surface area contributed by atoms with E-state index in [2.05, 4.69) is 32.9 Å². The first-order chi connectivity index (χ1) is 12.4. The number of carbonyl (C=O) groups excluding carboxylic acids is 3. The number of hydrogen-bond donors (Lipinski definition) is 0.